The van der Waals surface area contributed by atoms with Crippen molar-refractivity contribution in [2.45, 2.75) is 43.7 Å². The van der Waals surface area contributed by atoms with Crippen LogP contribution in [0.15, 0.2) is 24.3 Å². The molecule has 106 valence electrons. The lowest BCUT2D eigenvalue weighted by atomic mass is 9.54. The Labute approximate surface area is 119 Å². The van der Waals surface area contributed by atoms with Gasteiger partial charge in [0.1, 0.15) is 5.75 Å². The quantitative estimate of drug-likeness (QED) is 0.631. The molecule has 0 radical (unpaired) electrons. The van der Waals surface area contributed by atoms with E-state index in [1.807, 2.05) is 18.2 Å². The maximum atomic E-state index is 10.1. The number of hydrogen-bond donors (Lipinski definition) is 3. The van der Waals surface area contributed by atoms with Gasteiger partial charge in [-0.05, 0) is 61.6 Å². The summed E-state index contributed by atoms with van der Waals surface area (Å²) < 4.78 is 0. The number of aliphatic hydroxyl groups excluding tert-OH is 1. The molecular weight excluding hydrogens is 250 g/mol. The highest BCUT2D eigenvalue weighted by atomic mass is 16.3. The zero-order valence-electron chi connectivity index (χ0n) is 11.8. The standard InChI is InChI=1S/C17H21NO2/c1-10-6-12(20)7-15-13(10)8-16-14-3-2-11(19)9-17(14,15)4-5-18-16/h2-3,6-7,11,14,16,18-20H,4-5,8-9H2,1H3/t11?,14-,16+,17-/m0/s1. The maximum Gasteiger partial charge on any atom is 0.116 e. The fourth-order valence-electron chi connectivity index (χ4n) is 4.76. The van der Waals surface area contributed by atoms with Crippen LogP contribution in [-0.2, 0) is 11.8 Å². The van der Waals surface area contributed by atoms with Crippen molar-refractivity contribution in [3.05, 3.63) is 41.0 Å². The first-order valence-corrected chi connectivity index (χ1v) is 7.53. The summed E-state index contributed by atoms with van der Waals surface area (Å²) in [6.07, 6.45) is 6.62. The predicted molar refractivity (Wildman–Crippen MR) is 77.9 cm³/mol. The molecule has 3 N–H and O–H groups in total. The Morgan fingerprint density at radius 1 is 1.30 bits per heavy atom. The van der Waals surface area contributed by atoms with Crippen molar-refractivity contribution in [2.24, 2.45) is 5.92 Å². The number of hydrogen-bond acceptors (Lipinski definition) is 3. The zero-order chi connectivity index (χ0) is 13.9. The third-order valence-corrected chi connectivity index (χ3v) is 5.58. The number of aryl methyl sites for hydroxylation is 1. The van der Waals surface area contributed by atoms with E-state index in [1.165, 1.54) is 16.7 Å². The van der Waals surface area contributed by atoms with Crippen LogP contribution in [0, 0.1) is 12.8 Å². The maximum absolute atomic E-state index is 10.1. The number of piperidine rings is 1. The minimum absolute atomic E-state index is 0.00116. The Morgan fingerprint density at radius 2 is 2.15 bits per heavy atom. The molecular formula is C17H21NO2. The number of aliphatic hydroxyl groups is 1. The molecule has 0 saturated carbocycles. The van der Waals surface area contributed by atoms with Crippen molar-refractivity contribution < 1.29 is 10.2 Å². The number of aromatic hydroxyl groups is 1. The Balaban J connectivity index is 1.97. The summed E-state index contributed by atoms with van der Waals surface area (Å²) in [6, 6.07) is 4.27. The molecule has 4 atom stereocenters. The summed E-state index contributed by atoms with van der Waals surface area (Å²) in [4.78, 5) is 0. The van der Waals surface area contributed by atoms with Crippen molar-refractivity contribution in [3.63, 3.8) is 0 Å². The summed E-state index contributed by atoms with van der Waals surface area (Å²) in [5, 5.41) is 23.8. The van der Waals surface area contributed by atoms with Crippen LogP contribution in [0.5, 0.6) is 5.75 Å². The van der Waals surface area contributed by atoms with Gasteiger partial charge in [0.05, 0.1) is 6.10 Å². The lowest BCUT2D eigenvalue weighted by Gasteiger charge is -2.55. The van der Waals surface area contributed by atoms with E-state index in [9.17, 15) is 10.2 Å². The number of nitrogens with one attached hydrogen (secondary N) is 1. The van der Waals surface area contributed by atoms with Gasteiger partial charge in [-0.3, -0.25) is 0 Å². The molecule has 1 saturated heterocycles. The number of benzene rings is 1. The van der Waals surface area contributed by atoms with Crippen molar-refractivity contribution in [1.82, 2.24) is 5.32 Å². The van der Waals surface area contributed by atoms with E-state index in [0.29, 0.717) is 17.7 Å². The van der Waals surface area contributed by atoms with E-state index in [1.54, 1.807) is 0 Å². The highest BCUT2D eigenvalue weighted by Crippen LogP contribution is 2.52. The SMILES string of the molecule is Cc1cc(O)cc2c1C[C@H]1NCC[C@@]23CC(O)C=C[C@@H]13. The molecule has 3 aliphatic rings. The first-order valence-electron chi connectivity index (χ1n) is 7.53. The van der Waals surface area contributed by atoms with Crippen LogP contribution in [0.4, 0.5) is 0 Å². The lowest BCUT2D eigenvalue weighted by molar-refractivity contribution is 0.0823. The summed E-state index contributed by atoms with van der Waals surface area (Å²) in [5.74, 6) is 0.795. The van der Waals surface area contributed by atoms with Gasteiger partial charge in [0.25, 0.3) is 0 Å². The van der Waals surface area contributed by atoms with Crippen molar-refractivity contribution in [2.75, 3.05) is 6.54 Å². The highest BCUT2D eigenvalue weighted by molar-refractivity contribution is 5.50. The second kappa shape index (κ2) is 4.09. The second-order valence-corrected chi connectivity index (χ2v) is 6.64. The number of fused-ring (bicyclic) bond motifs is 1. The molecule has 1 aliphatic heterocycles. The Bertz CT molecular complexity index is 595. The smallest absolute Gasteiger partial charge is 0.116 e. The molecule has 1 aromatic rings. The average Bonchev–Trinajstić information content (AvgIpc) is 2.39. The van der Waals surface area contributed by atoms with Gasteiger partial charge in [0, 0.05) is 17.4 Å². The second-order valence-electron chi connectivity index (χ2n) is 6.64. The highest BCUT2D eigenvalue weighted by Gasteiger charge is 2.52. The molecule has 1 fully saturated rings. The molecule has 0 aromatic heterocycles. The third-order valence-electron chi connectivity index (χ3n) is 5.58. The Kier molecular flexibility index (Phi) is 2.54. The fourth-order valence-corrected chi connectivity index (χ4v) is 4.76. The summed E-state index contributed by atoms with van der Waals surface area (Å²) in [5.41, 5.74) is 3.83. The van der Waals surface area contributed by atoms with Gasteiger partial charge in [0.15, 0.2) is 0 Å². The van der Waals surface area contributed by atoms with Gasteiger partial charge < -0.3 is 15.5 Å². The van der Waals surface area contributed by atoms with Crippen LogP contribution >= 0.6 is 0 Å². The van der Waals surface area contributed by atoms with Crippen LogP contribution in [0.25, 0.3) is 0 Å². The van der Waals surface area contributed by atoms with E-state index in [2.05, 4.69) is 18.3 Å². The largest absolute Gasteiger partial charge is 0.508 e. The Hall–Kier alpha value is -1.32. The fraction of sp³-hybridized carbons (Fsp3) is 0.529. The topological polar surface area (TPSA) is 52.5 Å². The van der Waals surface area contributed by atoms with E-state index < -0.39 is 0 Å². The molecule has 1 aromatic carbocycles. The van der Waals surface area contributed by atoms with Crippen LogP contribution in [0.3, 0.4) is 0 Å². The number of phenolic OH excluding ortho intramolecular Hbond substituents is 1. The van der Waals surface area contributed by atoms with Gasteiger partial charge >= 0.3 is 0 Å². The molecule has 2 aliphatic carbocycles. The zero-order valence-corrected chi connectivity index (χ0v) is 11.8. The van der Waals surface area contributed by atoms with E-state index in [-0.39, 0.29) is 11.5 Å². The van der Waals surface area contributed by atoms with Crippen LogP contribution < -0.4 is 5.32 Å². The van der Waals surface area contributed by atoms with Crippen LogP contribution in [0.2, 0.25) is 0 Å². The predicted octanol–water partition coefficient (Wildman–Crippen LogP) is 1.79. The van der Waals surface area contributed by atoms with Gasteiger partial charge in [-0.1, -0.05) is 12.2 Å². The first-order chi connectivity index (χ1) is 9.60. The Morgan fingerprint density at radius 3 is 3.00 bits per heavy atom. The van der Waals surface area contributed by atoms with Crippen LogP contribution in [-0.4, -0.2) is 28.9 Å². The number of rotatable bonds is 0. The molecule has 3 heteroatoms. The summed E-state index contributed by atoms with van der Waals surface area (Å²) in [7, 11) is 0. The van der Waals surface area contributed by atoms with Gasteiger partial charge in [-0.2, -0.15) is 0 Å². The van der Waals surface area contributed by atoms with E-state index >= 15 is 0 Å². The molecule has 0 amide bonds. The van der Waals surface area contributed by atoms with E-state index in [0.717, 1.165) is 25.8 Å². The van der Waals surface area contributed by atoms with E-state index in [4.69, 9.17) is 0 Å². The molecule has 3 nitrogen and oxygen atoms in total. The number of phenols is 1. The summed E-state index contributed by atoms with van der Waals surface area (Å²) in [6.45, 7) is 3.08. The minimum Gasteiger partial charge on any atom is -0.508 e. The summed E-state index contributed by atoms with van der Waals surface area (Å²) >= 11 is 0. The normalized spacial score (nSPS) is 38.2. The van der Waals surface area contributed by atoms with Crippen molar-refractivity contribution in [3.8, 4) is 5.75 Å². The van der Waals surface area contributed by atoms with Gasteiger partial charge in [-0.25, -0.2) is 0 Å². The first kappa shape index (κ1) is 12.4. The molecule has 1 unspecified atom stereocenters. The van der Waals surface area contributed by atoms with Crippen molar-refractivity contribution in [1.29, 1.82) is 0 Å². The van der Waals surface area contributed by atoms with Gasteiger partial charge in [-0.15, -0.1) is 0 Å². The molecule has 0 spiro atoms. The molecule has 4 rings (SSSR count). The molecule has 20 heavy (non-hydrogen) atoms. The average molecular weight is 271 g/mol. The minimum atomic E-state index is -0.362. The van der Waals surface area contributed by atoms with Crippen molar-refractivity contribution >= 4 is 0 Å². The molecule has 2 bridgehead atoms. The van der Waals surface area contributed by atoms with Crippen LogP contribution in [0.1, 0.15) is 29.5 Å². The van der Waals surface area contributed by atoms with Gasteiger partial charge in [0.2, 0.25) is 0 Å². The monoisotopic (exact) mass is 271 g/mol. The lowest BCUT2D eigenvalue weighted by Crippen LogP contribution is -2.59. The molecule has 1 heterocycles. The third kappa shape index (κ3) is 1.54.